The molecule has 0 saturated heterocycles. The van der Waals surface area contributed by atoms with Crippen molar-refractivity contribution in [3.63, 3.8) is 0 Å². The Hall–Kier alpha value is -0.730. The van der Waals surface area contributed by atoms with Crippen LogP contribution in [-0.2, 0) is 5.75 Å². The first-order valence-corrected chi connectivity index (χ1v) is 7.55. The number of rotatable bonds is 3. The van der Waals surface area contributed by atoms with E-state index in [9.17, 15) is 0 Å². The first-order chi connectivity index (χ1) is 7.88. The maximum atomic E-state index is 5.33. The number of hydrogen-bond donors (Lipinski definition) is 1. The SMILES string of the molecule is NCC#Cc1csc(CSc2cccs2)c1. The van der Waals surface area contributed by atoms with Gasteiger partial charge in [0.1, 0.15) is 0 Å². The van der Waals surface area contributed by atoms with E-state index in [-0.39, 0.29) is 0 Å². The summed E-state index contributed by atoms with van der Waals surface area (Å²) in [6.45, 7) is 0.426. The smallest absolute Gasteiger partial charge is 0.0602 e. The van der Waals surface area contributed by atoms with E-state index >= 15 is 0 Å². The van der Waals surface area contributed by atoms with Gasteiger partial charge in [0.2, 0.25) is 0 Å². The van der Waals surface area contributed by atoms with Crippen LogP contribution in [0, 0.1) is 11.8 Å². The van der Waals surface area contributed by atoms with Gasteiger partial charge in [-0.05, 0) is 17.5 Å². The highest BCUT2D eigenvalue weighted by Gasteiger charge is 2.00. The molecular formula is C12H11NS3. The van der Waals surface area contributed by atoms with Gasteiger partial charge in [-0.15, -0.1) is 34.4 Å². The second-order valence-corrected chi connectivity index (χ2v) is 6.25. The van der Waals surface area contributed by atoms with Crippen LogP contribution in [0.5, 0.6) is 0 Å². The fraction of sp³-hybridized carbons (Fsp3) is 0.167. The topological polar surface area (TPSA) is 26.0 Å². The van der Waals surface area contributed by atoms with E-state index in [1.165, 1.54) is 9.09 Å². The van der Waals surface area contributed by atoms with Gasteiger partial charge in [-0.1, -0.05) is 17.9 Å². The third-order valence-corrected chi connectivity index (χ3v) is 5.14. The highest BCUT2D eigenvalue weighted by Crippen LogP contribution is 2.29. The summed E-state index contributed by atoms with van der Waals surface area (Å²) in [6.07, 6.45) is 0. The minimum atomic E-state index is 0.426. The van der Waals surface area contributed by atoms with E-state index in [1.54, 1.807) is 22.7 Å². The number of nitrogens with two attached hydrogens (primary N) is 1. The van der Waals surface area contributed by atoms with E-state index in [0.29, 0.717) is 6.54 Å². The Morgan fingerprint density at radius 1 is 1.38 bits per heavy atom. The molecular weight excluding hydrogens is 254 g/mol. The number of thiophene rings is 2. The summed E-state index contributed by atoms with van der Waals surface area (Å²) >= 11 is 5.42. The van der Waals surface area contributed by atoms with Crippen molar-refractivity contribution in [2.24, 2.45) is 5.73 Å². The zero-order valence-electron chi connectivity index (χ0n) is 8.60. The van der Waals surface area contributed by atoms with Crippen molar-refractivity contribution in [1.29, 1.82) is 0 Å². The van der Waals surface area contributed by atoms with Gasteiger partial charge in [-0.25, -0.2) is 0 Å². The van der Waals surface area contributed by atoms with Crippen LogP contribution in [0.4, 0.5) is 0 Å². The van der Waals surface area contributed by atoms with Crippen molar-refractivity contribution in [1.82, 2.24) is 0 Å². The molecule has 0 radical (unpaired) electrons. The molecule has 2 aromatic heterocycles. The van der Waals surface area contributed by atoms with Gasteiger partial charge in [0.05, 0.1) is 10.8 Å². The lowest BCUT2D eigenvalue weighted by atomic mass is 10.3. The molecule has 2 aromatic rings. The lowest BCUT2D eigenvalue weighted by Gasteiger charge is -1.93. The zero-order chi connectivity index (χ0) is 11.2. The average Bonchev–Trinajstić information content (AvgIpc) is 2.95. The fourth-order valence-corrected chi connectivity index (χ4v) is 3.82. The molecule has 2 rings (SSSR count). The van der Waals surface area contributed by atoms with Crippen LogP contribution in [0.25, 0.3) is 0 Å². The molecule has 1 nitrogen and oxygen atoms in total. The van der Waals surface area contributed by atoms with Crippen LogP contribution in [0.1, 0.15) is 10.4 Å². The van der Waals surface area contributed by atoms with Gasteiger partial charge in [-0.3, -0.25) is 0 Å². The third-order valence-electron chi connectivity index (χ3n) is 1.84. The summed E-state index contributed by atoms with van der Waals surface area (Å²) in [5.74, 6) is 6.94. The van der Waals surface area contributed by atoms with E-state index in [4.69, 9.17) is 5.73 Å². The molecule has 0 aliphatic heterocycles. The molecule has 0 aromatic carbocycles. The molecule has 0 atom stereocenters. The quantitative estimate of drug-likeness (QED) is 0.680. The standard InChI is InChI=1S/C12H11NS3/c13-5-1-3-10-7-11(15-8-10)9-16-12-4-2-6-14-12/h2,4,6-8H,5,9,13H2. The molecule has 0 saturated carbocycles. The summed E-state index contributed by atoms with van der Waals surface area (Å²) in [5.41, 5.74) is 6.41. The number of thioether (sulfide) groups is 1. The van der Waals surface area contributed by atoms with Gasteiger partial charge in [0, 0.05) is 21.6 Å². The van der Waals surface area contributed by atoms with Crippen molar-refractivity contribution in [3.05, 3.63) is 39.4 Å². The molecule has 0 fully saturated rings. The predicted molar refractivity (Wildman–Crippen MR) is 74.1 cm³/mol. The Bertz CT molecular complexity index is 488. The summed E-state index contributed by atoms with van der Waals surface area (Å²) in [4.78, 5) is 1.36. The van der Waals surface area contributed by atoms with Crippen molar-refractivity contribution < 1.29 is 0 Å². The normalized spacial score (nSPS) is 9.81. The minimum absolute atomic E-state index is 0.426. The zero-order valence-corrected chi connectivity index (χ0v) is 11.1. The van der Waals surface area contributed by atoms with Crippen molar-refractivity contribution in [3.8, 4) is 11.8 Å². The van der Waals surface area contributed by atoms with Crippen LogP contribution in [-0.4, -0.2) is 6.54 Å². The second kappa shape index (κ2) is 6.12. The van der Waals surface area contributed by atoms with Gasteiger partial charge >= 0.3 is 0 Å². The Labute approximate surface area is 108 Å². The monoisotopic (exact) mass is 265 g/mol. The molecule has 2 N–H and O–H groups in total. The Kier molecular flexibility index (Phi) is 4.49. The minimum Gasteiger partial charge on any atom is -0.320 e. The lowest BCUT2D eigenvalue weighted by Crippen LogP contribution is -1.92. The molecule has 0 unspecified atom stereocenters. The molecule has 16 heavy (non-hydrogen) atoms. The van der Waals surface area contributed by atoms with Crippen molar-refractivity contribution >= 4 is 34.4 Å². The number of hydrogen-bond acceptors (Lipinski definition) is 4. The van der Waals surface area contributed by atoms with E-state index in [1.807, 2.05) is 11.8 Å². The second-order valence-electron chi connectivity index (χ2n) is 3.03. The fourth-order valence-electron chi connectivity index (χ4n) is 1.16. The van der Waals surface area contributed by atoms with E-state index in [0.717, 1.165) is 11.3 Å². The summed E-state index contributed by atoms with van der Waals surface area (Å²) in [5, 5.41) is 4.20. The van der Waals surface area contributed by atoms with E-state index in [2.05, 4.69) is 40.8 Å². The van der Waals surface area contributed by atoms with Gasteiger partial charge in [0.15, 0.2) is 0 Å². The van der Waals surface area contributed by atoms with Crippen molar-refractivity contribution in [2.75, 3.05) is 6.54 Å². The highest BCUT2D eigenvalue weighted by molar-refractivity contribution is 8.00. The Balaban J connectivity index is 1.93. The first kappa shape index (κ1) is 11.7. The lowest BCUT2D eigenvalue weighted by molar-refractivity contribution is 1.30. The molecule has 2 heterocycles. The summed E-state index contributed by atoms with van der Waals surface area (Å²) in [6, 6.07) is 6.38. The summed E-state index contributed by atoms with van der Waals surface area (Å²) in [7, 11) is 0. The van der Waals surface area contributed by atoms with E-state index < -0.39 is 0 Å². The van der Waals surface area contributed by atoms with Gasteiger partial charge in [0.25, 0.3) is 0 Å². The maximum Gasteiger partial charge on any atom is 0.0602 e. The van der Waals surface area contributed by atoms with Crippen molar-refractivity contribution in [2.45, 2.75) is 9.96 Å². The highest BCUT2D eigenvalue weighted by atomic mass is 32.2. The Morgan fingerprint density at radius 3 is 3.06 bits per heavy atom. The maximum absolute atomic E-state index is 5.33. The molecule has 0 spiro atoms. The van der Waals surface area contributed by atoms with Crippen LogP contribution < -0.4 is 5.73 Å². The van der Waals surface area contributed by atoms with Gasteiger partial charge < -0.3 is 5.73 Å². The van der Waals surface area contributed by atoms with Crippen LogP contribution in [0.3, 0.4) is 0 Å². The van der Waals surface area contributed by atoms with Crippen LogP contribution in [0.15, 0.2) is 33.2 Å². The molecule has 0 bridgehead atoms. The van der Waals surface area contributed by atoms with Crippen LogP contribution in [0.2, 0.25) is 0 Å². The van der Waals surface area contributed by atoms with Crippen LogP contribution >= 0.6 is 34.4 Å². The molecule has 0 aliphatic rings. The molecule has 4 heteroatoms. The Morgan fingerprint density at radius 2 is 2.31 bits per heavy atom. The molecule has 82 valence electrons. The largest absolute Gasteiger partial charge is 0.320 e. The third kappa shape index (κ3) is 3.39. The summed E-state index contributed by atoms with van der Waals surface area (Å²) < 4.78 is 1.36. The molecule has 0 aliphatic carbocycles. The van der Waals surface area contributed by atoms with Gasteiger partial charge in [-0.2, -0.15) is 0 Å². The average molecular weight is 265 g/mol. The predicted octanol–water partition coefficient (Wildman–Crippen LogP) is 3.41. The molecule has 0 amide bonds. The first-order valence-electron chi connectivity index (χ1n) is 4.81.